The van der Waals surface area contributed by atoms with Crippen LogP contribution in [0.15, 0.2) is 22.7 Å². The van der Waals surface area contributed by atoms with E-state index in [0.717, 1.165) is 33.5 Å². The molecule has 0 bridgehead atoms. The number of benzene rings is 1. The van der Waals surface area contributed by atoms with Crippen molar-refractivity contribution in [1.82, 2.24) is 9.78 Å². The molecule has 6 heteroatoms. The Bertz CT molecular complexity index is 640. The summed E-state index contributed by atoms with van der Waals surface area (Å²) in [7, 11) is 1.82. The molecule has 0 fully saturated rings. The fourth-order valence-electron chi connectivity index (χ4n) is 2.14. The zero-order chi connectivity index (χ0) is 15.6. The highest BCUT2D eigenvalue weighted by Gasteiger charge is 2.12. The molecule has 1 heterocycles. The molecule has 0 saturated heterocycles. The van der Waals surface area contributed by atoms with E-state index in [-0.39, 0.29) is 6.04 Å². The van der Waals surface area contributed by atoms with Gasteiger partial charge >= 0.3 is 0 Å². The molecule has 1 unspecified atom stereocenters. The standard InChI is InChI=1S/C15H19BrClN3O/c1-9(18)6-11-7-12(4-5-14(11)16)21-8-13-10(2)19-20(3)15(13)17/h4-5,7,9H,6,8,18H2,1-3H3. The van der Waals surface area contributed by atoms with Crippen molar-refractivity contribution >= 4 is 27.5 Å². The lowest BCUT2D eigenvalue weighted by Gasteiger charge is -2.11. The van der Waals surface area contributed by atoms with E-state index < -0.39 is 0 Å². The molecule has 114 valence electrons. The van der Waals surface area contributed by atoms with Crippen molar-refractivity contribution < 1.29 is 4.74 Å². The van der Waals surface area contributed by atoms with Crippen LogP contribution in [-0.2, 0) is 20.1 Å². The van der Waals surface area contributed by atoms with E-state index in [4.69, 9.17) is 22.1 Å². The van der Waals surface area contributed by atoms with Crippen LogP contribution < -0.4 is 10.5 Å². The van der Waals surface area contributed by atoms with Gasteiger partial charge in [-0.15, -0.1) is 0 Å². The highest BCUT2D eigenvalue weighted by molar-refractivity contribution is 9.10. The number of halogens is 2. The maximum atomic E-state index is 6.20. The third-order valence-corrected chi connectivity index (χ3v) is 4.46. The number of hydrogen-bond acceptors (Lipinski definition) is 3. The van der Waals surface area contributed by atoms with Crippen LogP contribution in [0.5, 0.6) is 5.75 Å². The molecule has 0 radical (unpaired) electrons. The highest BCUT2D eigenvalue weighted by atomic mass is 79.9. The fraction of sp³-hybridized carbons (Fsp3) is 0.400. The summed E-state index contributed by atoms with van der Waals surface area (Å²) in [6.07, 6.45) is 0.796. The summed E-state index contributed by atoms with van der Waals surface area (Å²) in [5, 5.41) is 4.89. The van der Waals surface area contributed by atoms with E-state index in [9.17, 15) is 0 Å². The lowest BCUT2D eigenvalue weighted by atomic mass is 10.1. The second-order valence-corrected chi connectivity index (χ2v) is 6.41. The molecule has 1 aromatic heterocycles. The summed E-state index contributed by atoms with van der Waals surface area (Å²) >= 11 is 9.74. The van der Waals surface area contributed by atoms with Gasteiger partial charge in [-0.1, -0.05) is 27.5 Å². The summed E-state index contributed by atoms with van der Waals surface area (Å²) in [6.45, 7) is 4.31. The van der Waals surface area contributed by atoms with Gasteiger partial charge in [-0.3, -0.25) is 4.68 Å². The quantitative estimate of drug-likeness (QED) is 0.872. The van der Waals surface area contributed by atoms with Gasteiger partial charge in [-0.2, -0.15) is 5.10 Å². The lowest BCUT2D eigenvalue weighted by Crippen LogP contribution is -2.18. The zero-order valence-corrected chi connectivity index (χ0v) is 14.7. The second kappa shape index (κ2) is 6.81. The monoisotopic (exact) mass is 371 g/mol. The van der Waals surface area contributed by atoms with Crippen molar-refractivity contribution in [2.75, 3.05) is 0 Å². The number of nitrogens with two attached hydrogens (primary N) is 1. The molecule has 0 aliphatic rings. The zero-order valence-electron chi connectivity index (χ0n) is 12.4. The first-order chi connectivity index (χ1) is 9.88. The Morgan fingerprint density at radius 2 is 2.19 bits per heavy atom. The number of rotatable bonds is 5. The molecule has 4 nitrogen and oxygen atoms in total. The Morgan fingerprint density at radius 3 is 2.76 bits per heavy atom. The first-order valence-electron chi connectivity index (χ1n) is 6.73. The minimum absolute atomic E-state index is 0.103. The Labute approximate surface area is 138 Å². The topological polar surface area (TPSA) is 53.1 Å². The molecule has 0 amide bonds. The molecule has 1 atom stereocenters. The third kappa shape index (κ3) is 3.99. The van der Waals surface area contributed by atoms with Crippen LogP contribution in [0.25, 0.3) is 0 Å². The summed E-state index contributed by atoms with van der Waals surface area (Å²) in [5.74, 6) is 0.799. The van der Waals surface area contributed by atoms with E-state index in [0.29, 0.717) is 11.8 Å². The van der Waals surface area contributed by atoms with Crippen molar-refractivity contribution in [3.05, 3.63) is 44.6 Å². The molecule has 0 saturated carbocycles. The summed E-state index contributed by atoms with van der Waals surface area (Å²) in [5.41, 5.74) is 8.79. The molecule has 1 aromatic carbocycles. The highest BCUT2D eigenvalue weighted by Crippen LogP contribution is 2.26. The number of nitrogens with zero attached hydrogens (tertiary/aromatic N) is 2. The molecule has 2 rings (SSSR count). The second-order valence-electron chi connectivity index (χ2n) is 5.20. The smallest absolute Gasteiger partial charge is 0.133 e. The maximum absolute atomic E-state index is 6.20. The largest absolute Gasteiger partial charge is 0.489 e. The normalized spacial score (nSPS) is 12.5. The molecular weight excluding hydrogens is 354 g/mol. The molecule has 21 heavy (non-hydrogen) atoms. The van der Waals surface area contributed by atoms with Gasteiger partial charge in [0.1, 0.15) is 17.5 Å². The van der Waals surface area contributed by atoms with Gasteiger partial charge in [0.05, 0.1) is 5.69 Å². The van der Waals surface area contributed by atoms with Crippen molar-refractivity contribution in [2.24, 2.45) is 12.8 Å². The van der Waals surface area contributed by atoms with Gasteiger partial charge in [0.2, 0.25) is 0 Å². The Kier molecular flexibility index (Phi) is 5.30. The van der Waals surface area contributed by atoms with Gasteiger partial charge in [0.25, 0.3) is 0 Å². The van der Waals surface area contributed by atoms with Crippen LogP contribution in [0.3, 0.4) is 0 Å². The fourth-order valence-corrected chi connectivity index (χ4v) is 2.78. The maximum Gasteiger partial charge on any atom is 0.133 e. The van der Waals surface area contributed by atoms with Gasteiger partial charge in [-0.25, -0.2) is 0 Å². The average molecular weight is 373 g/mol. The molecule has 0 aliphatic heterocycles. The molecular formula is C15H19BrClN3O. The predicted octanol–water partition coefficient (Wildman–Crippen LogP) is 3.61. The lowest BCUT2D eigenvalue weighted by molar-refractivity contribution is 0.305. The summed E-state index contributed by atoms with van der Waals surface area (Å²) in [6, 6.07) is 6.01. The van der Waals surface area contributed by atoms with E-state index >= 15 is 0 Å². The minimum atomic E-state index is 0.103. The van der Waals surface area contributed by atoms with Crippen molar-refractivity contribution in [3.63, 3.8) is 0 Å². The van der Waals surface area contributed by atoms with Crippen LogP contribution in [0, 0.1) is 6.92 Å². The number of aryl methyl sites for hydroxylation is 2. The SMILES string of the molecule is Cc1nn(C)c(Cl)c1COc1ccc(Br)c(CC(C)N)c1. The Balaban J connectivity index is 2.13. The van der Waals surface area contributed by atoms with Crippen molar-refractivity contribution in [2.45, 2.75) is 32.9 Å². The predicted molar refractivity (Wildman–Crippen MR) is 88.8 cm³/mol. The van der Waals surface area contributed by atoms with E-state index in [1.807, 2.05) is 39.1 Å². The van der Waals surface area contributed by atoms with E-state index in [2.05, 4.69) is 21.0 Å². The van der Waals surface area contributed by atoms with Crippen LogP contribution in [0.1, 0.15) is 23.7 Å². The minimum Gasteiger partial charge on any atom is -0.489 e. The van der Waals surface area contributed by atoms with Gasteiger partial charge in [-0.05, 0) is 44.0 Å². The van der Waals surface area contributed by atoms with E-state index in [1.54, 1.807) is 4.68 Å². The molecule has 0 spiro atoms. The Morgan fingerprint density at radius 1 is 1.48 bits per heavy atom. The molecule has 0 aliphatic carbocycles. The van der Waals surface area contributed by atoms with E-state index in [1.165, 1.54) is 0 Å². The molecule has 2 N–H and O–H groups in total. The van der Waals surface area contributed by atoms with Crippen molar-refractivity contribution in [3.8, 4) is 5.75 Å². The molecule has 2 aromatic rings. The van der Waals surface area contributed by atoms with Gasteiger partial charge in [0.15, 0.2) is 0 Å². The summed E-state index contributed by atoms with van der Waals surface area (Å²) in [4.78, 5) is 0. The number of aromatic nitrogens is 2. The third-order valence-electron chi connectivity index (χ3n) is 3.21. The van der Waals surface area contributed by atoms with Crippen LogP contribution >= 0.6 is 27.5 Å². The average Bonchev–Trinajstić information content (AvgIpc) is 2.64. The van der Waals surface area contributed by atoms with Crippen molar-refractivity contribution in [1.29, 1.82) is 0 Å². The van der Waals surface area contributed by atoms with Crippen LogP contribution in [0.4, 0.5) is 0 Å². The first kappa shape index (κ1) is 16.3. The van der Waals surface area contributed by atoms with Gasteiger partial charge < -0.3 is 10.5 Å². The van der Waals surface area contributed by atoms with Crippen LogP contribution in [-0.4, -0.2) is 15.8 Å². The van der Waals surface area contributed by atoms with Crippen LogP contribution in [0.2, 0.25) is 5.15 Å². The van der Waals surface area contributed by atoms with Gasteiger partial charge in [0, 0.05) is 23.1 Å². The summed E-state index contributed by atoms with van der Waals surface area (Å²) < 4.78 is 8.54. The Hall–Kier alpha value is -1.04. The number of ether oxygens (including phenoxy) is 1. The first-order valence-corrected chi connectivity index (χ1v) is 7.90. The number of hydrogen-bond donors (Lipinski definition) is 1.